The van der Waals surface area contributed by atoms with Gasteiger partial charge in [-0.15, -0.1) is 0 Å². The molecule has 20 heavy (non-hydrogen) atoms. The van der Waals surface area contributed by atoms with Gasteiger partial charge in [-0.1, -0.05) is 18.2 Å². The van der Waals surface area contributed by atoms with Crippen LogP contribution in [0.25, 0.3) is 16.7 Å². The van der Waals surface area contributed by atoms with Crippen LogP contribution in [-0.4, -0.2) is 23.6 Å². The number of anilines is 1. The number of nitrogens with one attached hydrogen (secondary N) is 1. The van der Waals surface area contributed by atoms with Gasteiger partial charge in [0.05, 0.1) is 16.7 Å². The van der Waals surface area contributed by atoms with E-state index >= 15 is 0 Å². The molecular formula is C16H17N3S. The Kier molecular flexibility index (Phi) is 3.10. The van der Waals surface area contributed by atoms with Gasteiger partial charge in [0.25, 0.3) is 0 Å². The minimum atomic E-state index is 0.727. The second-order valence-corrected chi connectivity index (χ2v) is 5.54. The number of fused-ring (bicyclic) bond motifs is 1. The summed E-state index contributed by atoms with van der Waals surface area (Å²) in [6, 6.07) is 14.6. The molecule has 4 heteroatoms. The Morgan fingerprint density at radius 2 is 1.85 bits per heavy atom. The smallest absolute Gasteiger partial charge is 0.182 e. The van der Waals surface area contributed by atoms with Gasteiger partial charge in [-0.25, -0.2) is 0 Å². The van der Waals surface area contributed by atoms with Crippen molar-refractivity contribution in [1.82, 2.24) is 9.55 Å². The maximum atomic E-state index is 5.50. The first-order valence-electron chi connectivity index (χ1n) is 6.56. The second kappa shape index (κ2) is 4.80. The Bertz CT molecular complexity index is 827. The number of hydrogen-bond donors (Lipinski definition) is 1. The summed E-state index contributed by atoms with van der Waals surface area (Å²) in [6.45, 7) is 2.11. The van der Waals surface area contributed by atoms with Crippen molar-refractivity contribution in [1.29, 1.82) is 0 Å². The molecule has 0 aliphatic heterocycles. The van der Waals surface area contributed by atoms with Crippen LogP contribution in [0.15, 0.2) is 42.5 Å². The molecule has 2 aromatic carbocycles. The lowest BCUT2D eigenvalue weighted by molar-refractivity contribution is 1.05. The fraction of sp³-hybridized carbons (Fsp3) is 0.188. The number of aromatic amines is 1. The molecule has 102 valence electrons. The summed E-state index contributed by atoms with van der Waals surface area (Å²) in [6.07, 6.45) is 0. The molecule has 0 atom stereocenters. The molecule has 0 bridgehead atoms. The van der Waals surface area contributed by atoms with E-state index in [0.29, 0.717) is 0 Å². The monoisotopic (exact) mass is 283 g/mol. The summed E-state index contributed by atoms with van der Waals surface area (Å²) in [4.78, 5) is 5.37. The van der Waals surface area contributed by atoms with E-state index in [-0.39, 0.29) is 0 Å². The van der Waals surface area contributed by atoms with Crippen LogP contribution in [0.3, 0.4) is 0 Å². The van der Waals surface area contributed by atoms with Crippen molar-refractivity contribution in [3.63, 3.8) is 0 Å². The maximum Gasteiger partial charge on any atom is 0.182 e. The first-order valence-corrected chi connectivity index (χ1v) is 6.97. The molecule has 0 spiro atoms. The number of imidazole rings is 1. The van der Waals surface area contributed by atoms with Gasteiger partial charge in [0.15, 0.2) is 4.77 Å². The fourth-order valence-corrected chi connectivity index (χ4v) is 2.79. The predicted octanol–water partition coefficient (Wildman–Crippen LogP) is 4.06. The van der Waals surface area contributed by atoms with E-state index in [1.54, 1.807) is 0 Å². The number of para-hydroxylation sites is 1. The molecule has 1 heterocycles. The summed E-state index contributed by atoms with van der Waals surface area (Å²) in [5.41, 5.74) is 5.68. The first-order chi connectivity index (χ1) is 9.58. The minimum Gasteiger partial charge on any atom is -0.378 e. The van der Waals surface area contributed by atoms with Crippen LogP contribution in [0, 0.1) is 11.7 Å². The van der Waals surface area contributed by atoms with Gasteiger partial charge in [-0.3, -0.25) is 4.57 Å². The van der Waals surface area contributed by atoms with E-state index in [9.17, 15) is 0 Å². The third-order valence-electron chi connectivity index (χ3n) is 3.51. The highest BCUT2D eigenvalue weighted by Crippen LogP contribution is 2.24. The second-order valence-electron chi connectivity index (χ2n) is 5.15. The van der Waals surface area contributed by atoms with E-state index in [1.165, 1.54) is 5.56 Å². The van der Waals surface area contributed by atoms with Gasteiger partial charge < -0.3 is 9.88 Å². The highest BCUT2D eigenvalue weighted by atomic mass is 32.1. The number of H-pyrrole nitrogens is 1. The van der Waals surface area contributed by atoms with Crippen molar-refractivity contribution in [3.8, 4) is 5.69 Å². The highest BCUT2D eigenvalue weighted by molar-refractivity contribution is 7.71. The average Bonchev–Trinajstić information content (AvgIpc) is 2.76. The standard InChI is InChI=1S/C16H17N3S/c1-11-6-4-9-14-15(11)19(16(20)17-14)13-8-5-7-12(10-13)18(2)3/h4-10H,1-3H3,(H,17,20). The molecule has 1 N–H and O–H groups in total. The molecule has 3 aromatic rings. The molecule has 3 rings (SSSR count). The van der Waals surface area contributed by atoms with Crippen LogP contribution < -0.4 is 4.90 Å². The summed E-state index contributed by atoms with van der Waals surface area (Å²) in [7, 11) is 4.08. The fourth-order valence-electron chi connectivity index (χ4n) is 2.49. The Labute approximate surface area is 123 Å². The van der Waals surface area contributed by atoms with E-state index in [0.717, 1.165) is 27.2 Å². The molecule has 0 saturated heterocycles. The predicted molar refractivity (Wildman–Crippen MR) is 87.5 cm³/mol. The molecule has 0 fully saturated rings. The summed E-state index contributed by atoms with van der Waals surface area (Å²) < 4.78 is 2.83. The van der Waals surface area contributed by atoms with Crippen LogP contribution >= 0.6 is 12.2 Å². The van der Waals surface area contributed by atoms with E-state index in [2.05, 4.69) is 57.8 Å². The van der Waals surface area contributed by atoms with Gasteiger partial charge >= 0.3 is 0 Å². The number of rotatable bonds is 2. The highest BCUT2D eigenvalue weighted by Gasteiger charge is 2.09. The molecule has 0 unspecified atom stereocenters. The summed E-state index contributed by atoms with van der Waals surface area (Å²) >= 11 is 5.50. The number of aromatic nitrogens is 2. The third-order valence-corrected chi connectivity index (χ3v) is 3.80. The van der Waals surface area contributed by atoms with E-state index < -0.39 is 0 Å². The molecule has 1 aromatic heterocycles. The van der Waals surface area contributed by atoms with Crippen molar-refractivity contribution in [2.45, 2.75) is 6.92 Å². The molecule has 0 amide bonds. The number of aryl methyl sites for hydroxylation is 1. The van der Waals surface area contributed by atoms with Crippen LogP contribution in [0.1, 0.15) is 5.56 Å². The lowest BCUT2D eigenvalue weighted by Crippen LogP contribution is -2.09. The zero-order valence-corrected chi connectivity index (χ0v) is 12.7. The van der Waals surface area contributed by atoms with Crippen molar-refractivity contribution in [2.24, 2.45) is 0 Å². The van der Waals surface area contributed by atoms with Crippen molar-refractivity contribution >= 4 is 28.9 Å². The minimum absolute atomic E-state index is 0.727. The van der Waals surface area contributed by atoms with Gasteiger partial charge in [0.2, 0.25) is 0 Å². The third kappa shape index (κ3) is 2.02. The van der Waals surface area contributed by atoms with Crippen molar-refractivity contribution < 1.29 is 0 Å². The molecule has 0 saturated carbocycles. The topological polar surface area (TPSA) is 24.0 Å². The van der Waals surface area contributed by atoms with Gasteiger partial charge in [-0.05, 0) is 49.0 Å². The summed E-state index contributed by atoms with van der Waals surface area (Å²) in [5.74, 6) is 0. The molecule has 0 aliphatic rings. The Morgan fingerprint density at radius 3 is 2.60 bits per heavy atom. The largest absolute Gasteiger partial charge is 0.378 e. The SMILES string of the molecule is Cc1cccc2[nH]c(=S)n(-c3cccc(N(C)C)c3)c12. The van der Waals surface area contributed by atoms with Crippen molar-refractivity contribution in [2.75, 3.05) is 19.0 Å². The van der Waals surface area contributed by atoms with Crippen LogP contribution in [-0.2, 0) is 0 Å². The van der Waals surface area contributed by atoms with Crippen LogP contribution in [0.5, 0.6) is 0 Å². The zero-order chi connectivity index (χ0) is 14.3. The van der Waals surface area contributed by atoms with E-state index in [4.69, 9.17) is 12.2 Å². The maximum absolute atomic E-state index is 5.50. The molecule has 0 radical (unpaired) electrons. The Balaban J connectivity index is 2.32. The number of nitrogens with zero attached hydrogens (tertiary/aromatic N) is 2. The lowest BCUT2D eigenvalue weighted by atomic mass is 10.2. The van der Waals surface area contributed by atoms with Gasteiger partial charge in [0.1, 0.15) is 0 Å². The first kappa shape index (κ1) is 12.9. The van der Waals surface area contributed by atoms with Crippen molar-refractivity contribution in [3.05, 3.63) is 52.8 Å². The quantitative estimate of drug-likeness (QED) is 0.717. The molecular weight excluding hydrogens is 266 g/mol. The van der Waals surface area contributed by atoms with Gasteiger partial charge in [0, 0.05) is 19.8 Å². The number of hydrogen-bond acceptors (Lipinski definition) is 2. The van der Waals surface area contributed by atoms with Gasteiger partial charge in [-0.2, -0.15) is 0 Å². The van der Waals surface area contributed by atoms with E-state index in [1.807, 2.05) is 20.2 Å². The Hall–Kier alpha value is -2.07. The molecule has 3 nitrogen and oxygen atoms in total. The normalized spacial score (nSPS) is 10.9. The van der Waals surface area contributed by atoms with Crippen LogP contribution in [0.4, 0.5) is 5.69 Å². The Morgan fingerprint density at radius 1 is 1.10 bits per heavy atom. The zero-order valence-electron chi connectivity index (χ0n) is 11.8. The summed E-state index contributed by atoms with van der Waals surface area (Å²) in [5, 5.41) is 0. The average molecular weight is 283 g/mol. The molecule has 0 aliphatic carbocycles. The number of benzene rings is 2. The van der Waals surface area contributed by atoms with Crippen LogP contribution in [0.2, 0.25) is 0 Å². The lowest BCUT2D eigenvalue weighted by Gasteiger charge is -2.14.